The fourth-order valence-electron chi connectivity index (χ4n) is 2.76. The van der Waals surface area contributed by atoms with Gasteiger partial charge in [-0.3, -0.25) is 0 Å². The molecular formula is C13H15N7S. The van der Waals surface area contributed by atoms with Crippen molar-refractivity contribution in [2.24, 2.45) is 0 Å². The maximum absolute atomic E-state index is 4.64. The highest BCUT2D eigenvalue weighted by Gasteiger charge is 2.24. The topological polar surface area (TPSA) is 72.1 Å². The van der Waals surface area contributed by atoms with Crippen LogP contribution in [0, 0.1) is 6.92 Å². The number of hydrogen-bond acceptors (Lipinski definition) is 7. The van der Waals surface area contributed by atoms with E-state index < -0.39 is 0 Å². The highest BCUT2D eigenvalue weighted by molar-refractivity contribution is 7.09. The monoisotopic (exact) mass is 301 g/mol. The first-order valence-electron chi connectivity index (χ1n) is 7.02. The van der Waals surface area contributed by atoms with Crippen LogP contribution in [-0.4, -0.2) is 43.3 Å². The van der Waals surface area contributed by atoms with Gasteiger partial charge < -0.3 is 4.90 Å². The Bertz CT molecular complexity index is 765. The van der Waals surface area contributed by atoms with Crippen molar-refractivity contribution >= 4 is 22.8 Å². The Hall–Kier alpha value is -2.09. The first-order chi connectivity index (χ1) is 10.3. The van der Waals surface area contributed by atoms with E-state index in [-0.39, 0.29) is 0 Å². The Kier molecular flexibility index (Phi) is 3.03. The maximum atomic E-state index is 4.64. The quantitative estimate of drug-likeness (QED) is 0.717. The molecule has 108 valence electrons. The van der Waals surface area contributed by atoms with Gasteiger partial charge in [-0.05, 0) is 42.3 Å². The number of piperidine rings is 1. The molecule has 0 N–H and O–H groups in total. The zero-order chi connectivity index (χ0) is 14.2. The average Bonchev–Trinajstić information content (AvgIpc) is 3.15. The van der Waals surface area contributed by atoms with Crippen molar-refractivity contribution in [2.75, 3.05) is 18.0 Å². The Balaban J connectivity index is 1.59. The second-order valence-electron chi connectivity index (χ2n) is 5.33. The van der Waals surface area contributed by atoms with E-state index in [1.807, 2.05) is 19.1 Å². The van der Waals surface area contributed by atoms with E-state index in [9.17, 15) is 0 Å². The number of tetrazole rings is 1. The van der Waals surface area contributed by atoms with E-state index in [2.05, 4.69) is 35.9 Å². The number of aromatic nitrogens is 6. The second-order valence-corrected chi connectivity index (χ2v) is 6.22. The molecule has 0 bridgehead atoms. The van der Waals surface area contributed by atoms with Gasteiger partial charge in [0.2, 0.25) is 0 Å². The molecule has 0 radical (unpaired) electrons. The van der Waals surface area contributed by atoms with Gasteiger partial charge in [0.15, 0.2) is 11.5 Å². The number of nitrogens with zero attached hydrogens (tertiary/aromatic N) is 7. The molecule has 0 amide bonds. The minimum Gasteiger partial charge on any atom is -0.354 e. The van der Waals surface area contributed by atoms with Gasteiger partial charge in [0.05, 0.1) is 5.01 Å². The zero-order valence-electron chi connectivity index (χ0n) is 11.7. The van der Waals surface area contributed by atoms with Gasteiger partial charge in [-0.2, -0.15) is 0 Å². The molecule has 0 spiro atoms. The largest absolute Gasteiger partial charge is 0.354 e. The van der Waals surface area contributed by atoms with E-state index >= 15 is 0 Å². The predicted octanol–water partition coefficient (Wildman–Crippen LogP) is 1.67. The molecule has 1 fully saturated rings. The third-order valence-electron chi connectivity index (χ3n) is 3.79. The molecule has 4 heterocycles. The van der Waals surface area contributed by atoms with Gasteiger partial charge in [-0.1, -0.05) is 0 Å². The Labute approximate surface area is 125 Å². The lowest BCUT2D eigenvalue weighted by Gasteiger charge is -2.32. The van der Waals surface area contributed by atoms with Crippen molar-refractivity contribution in [3.63, 3.8) is 0 Å². The van der Waals surface area contributed by atoms with Crippen LogP contribution in [0.4, 0.5) is 5.82 Å². The summed E-state index contributed by atoms with van der Waals surface area (Å²) < 4.78 is 1.48. The molecule has 1 aliphatic rings. The summed E-state index contributed by atoms with van der Waals surface area (Å²) in [5, 5.41) is 19.2. The van der Waals surface area contributed by atoms with E-state index in [0.717, 1.165) is 31.0 Å². The molecule has 3 aromatic rings. The van der Waals surface area contributed by atoms with Crippen LogP contribution in [0.25, 0.3) is 5.65 Å². The van der Waals surface area contributed by atoms with Gasteiger partial charge in [0, 0.05) is 30.1 Å². The van der Waals surface area contributed by atoms with Crippen LogP contribution in [0.3, 0.4) is 0 Å². The number of rotatable bonds is 2. The summed E-state index contributed by atoms with van der Waals surface area (Å²) >= 11 is 1.76. The van der Waals surface area contributed by atoms with Crippen molar-refractivity contribution in [3.05, 3.63) is 28.2 Å². The van der Waals surface area contributed by atoms with Crippen LogP contribution in [-0.2, 0) is 0 Å². The molecule has 1 atom stereocenters. The molecular weight excluding hydrogens is 286 g/mol. The fraction of sp³-hybridized carbons (Fsp3) is 0.462. The Morgan fingerprint density at radius 2 is 2.29 bits per heavy atom. The molecule has 3 aromatic heterocycles. The van der Waals surface area contributed by atoms with E-state index in [1.54, 1.807) is 11.3 Å². The molecule has 0 saturated carbocycles. The van der Waals surface area contributed by atoms with Crippen LogP contribution >= 0.6 is 11.3 Å². The molecule has 1 unspecified atom stereocenters. The van der Waals surface area contributed by atoms with Gasteiger partial charge in [0.25, 0.3) is 0 Å². The highest BCUT2D eigenvalue weighted by Crippen LogP contribution is 2.30. The van der Waals surface area contributed by atoms with Crippen molar-refractivity contribution in [1.29, 1.82) is 0 Å². The number of fused-ring (bicyclic) bond motifs is 1. The van der Waals surface area contributed by atoms with E-state index in [0.29, 0.717) is 11.6 Å². The van der Waals surface area contributed by atoms with Crippen molar-refractivity contribution < 1.29 is 0 Å². The minimum absolute atomic E-state index is 0.490. The predicted molar refractivity (Wildman–Crippen MR) is 79.6 cm³/mol. The van der Waals surface area contributed by atoms with E-state index in [4.69, 9.17) is 0 Å². The zero-order valence-corrected chi connectivity index (χ0v) is 12.5. The number of hydrogen-bond donors (Lipinski definition) is 0. The van der Waals surface area contributed by atoms with Crippen LogP contribution in [0.2, 0.25) is 0 Å². The molecule has 0 aliphatic carbocycles. The first kappa shape index (κ1) is 12.6. The summed E-state index contributed by atoms with van der Waals surface area (Å²) in [5.41, 5.74) is 1.78. The smallest absolute Gasteiger partial charge is 0.200 e. The van der Waals surface area contributed by atoms with Crippen molar-refractivity contribution in [3.8, 4) is 0 Å². The van der Waals surface area contributed by atoms with Crippen LogP contribution in [0.5, 0.6) is 0 Å². The normalized spacial score (nSPS) is 19.3. The fourth-order valence-corrected chi connectivity index (χ4v) is 3.68. The van der Waals surface area contributed by atoms with Crippen molar-refractivity contribution in [2.45, 2.75) is 25.7 Å². The van der Waals surface area contributed by atoms with Crippen molar-refractivity contribution in [1.82, 2.24) is 30.2 Å². The number of anilines is 1. The minimum atomic E-state index is 0.490. The van der Waals surface area contributed by atoms with Crippen LogP contribution in [0.15, 0.2) is 17.5 Å². The summed E-state index contributed by atoms with van der Waals surface area (Å²) in [5.74, 6) is 1.41. The molecule has 21 heavy (non-hydrogen) atoms. The maximum Gasteiger partial charge on any atom is 0.200 e. The van der Waals surface area contributed by atoms with Gasteiger partial charge in [-0.15, -0.1) is 26.2 Å². The summed E-state index contributed by atoms with van der Waals surface area (Å²) in [6.45, 7) is 4.02. The standard InChI is InChI=1S/C13H15N7S/c1-9-8-21-13(14-9)10-3-2-6-19(7-10)12-5-4-11-15-17-18-20(11)16-12/h4-5,8,10H,2-3,6-7H2,1H3. The molecule has 0 aromatic carbocycles. The number of thiazole rings is 1. The summed E-state index contributed by atoms with van der Waals surface area (Å²) in [6, 6.07) is 3.89. The lowest BCUT2D eigenvalue weighted by Crippen LogP contribution is -2.35. The molecule has 1 aliphatic heterocycles. The summed E-state index contributed by atoms with van der Waals surface area (Å²) in [7, 11) is 0. The lowest BCUT2D eigenvalue weighted by atomic mass is 9.99. The second kappa shape index (κ2) is 5.03. The Morgan fingerprint density at radius 3 is 3.14 bits per heavy atom. The number of aryl methyl sites for hydroxylation is 1. The lowest BCUT2D eigenvalue weighted by molar-refractivity contribution is 0.502. The van der Waals surface area contributed by atoms with Gasteiger partial charge in [0.1, 0.15) is 0 Å². The summed E-state index contributed by atoms with van der Waals surface area (Å²) in [6.07, 6.45) is 2.34. The first-order valence-corrected chi connectivity index (χ1v) is 7.90. The average molecular weight is 301 g/mol. The SMILES string of the molecule is Cc1csc(C2CCCN(c3ccc4nnnn4n3)C2)n1. The third kappa shape index (κ3) is 2.35. The molecule has 8 heteroatoms. The Morgan fingerprint density at radius 1 is 1.33 bits per heavy atom. The van der Waals surface area contributed by atoms with Gasteiger partial charge in [-0.25, -0.2) is 4.98 Å². The van der Waals surface area contributed by atoms with E-state index in [1.165, 1.54) is 16.1 Å². The molecule has 7 nitrogen and oxygen atoms in total. The summed E-state index contributed by atoms with van der Waals surface area (Å²) in [4.78, 5) is 6.94. The molecule has 1 saturated heterocycles. The molecule has 4 rings (SSSR count). The highest BCUT2D eigenvalue weighted by atomic mass is 32.1. The van der Waals surface area contributed by atoms with Gasteiger partial charge >= 0.3 is 0 Å². The third-order valence-corrected chi connectivity index (χ3v) is 4.91. The van der Waals surface area contributed by atoms with Crippen LogP contribution in [0.1, 0.15) is 29.5 Å². The van der Waals surface area contributed by atoms with Crippen LogP contribution < -0.4 is 4.90 Å².